The molecule has 1 aromatic heterocycles. The van der Waals surface area contributed by atoms with Gasteiger partial charge in [-0.05, 0) is 37.0 Å². The lowest BCUT2D eigenvalue weighted by molar-refractivity contribution is -0.131. The Morgan fingerprint density at radius 1 is 1.13 bits per heavy atom. The number of aromatic nitrogens is 1. The van der Waals surface area contributed by atoms with Gasteiger partial charge in [0.25, 0.3) is 5.91 Å². The molecule has 38 heavy (non-hydrogen) atoms. The van der Waals surface area contributed by atoms with Crippen molar-refractivity contribution < 1.29 is 22.7 Å². The lowest BCUT2D eigenvalue weighted by atomic mass is 10.1. The number of carbonyl (C=O) groups excluding carboxylic acids is 2. The summed E-state index contributed by atoms with van der Waals surface area (Å²) in [6, 6.07) is 15.2. The van der Waals surface area contributed by atoms with E-state index in [9.17, 15) is 18.0 Å². The van der Waals surface area contributed by atoms with Gasteiger partial charge in [-0.15, -0.1) is 11.3 Å². The first-order chi connectivity index (χ1) is 18.0. The minimum Gasteiger partial charge on any atom is -0.497 e. The van der Waals surface area contributed by atoms with Crippen LogP contribution in [0.4, 0.5) is 5.69 Å². The van der Waals surface area contributed by atoms with Gasteiger partial charge < -0.3 is 15.4 Å². The molecule has 10 nitrogen and oxygen atoms in total. The van der Waals surface area contributed by atoms with E-state index in [4.69, 9.17) is 10.5 Å². The van der Waals surface area contributed by atoms with E-state index < -0.39 is 16.1 Å². The third kappa shape index (κ3) is 7.76. The van der Waals surface area contributed by atoms with Gasteiger partial charge in [-0.2, -0.15) is 12.7 Å². The molecular formula is C26H33N5O5S2. The maximum absolute atomic E-state index is 13.4. The molecule has 3 rings (SSSR count). The second kappa shape index (κ2) is 12.9. The van der Waals surface area contributed by atoms with Crippen molar-refractivity contribution in [2.75, 3.05) is 33.5 Å². The fourth-order valence-electron chi connectivity index (χ4n) is 3.70. The number of ether oxygens (including phenoxy) is 1. The van der Waals surface area contributed by atoms with Gasteiger partial charge in [0, 0.05) is 37.3 Å². The number of hydrogen-bond acceptors (Lipinski definition) is 8. The number of hydrogen-bond donors (Lipinski definition) is 2. The predicted molar refractivity (Wildman–Crippen MR) is 148 cm³/mol. The van der Waals surface area contributed by atoms with Crippen LogP contribution in [0, 0.1) is 6.92 Å². The summed E-state index contributed by atoms with van der Waals surface area (Å²) in [4.78, 5) is 32.6. The van der Waals surface area contributed by atoms with Crippen LogP contribution in [-0.2, 0) is 34.4 Å². The molecule has 0 fully saturated rings. The van der Waals surface area contributed by atoms with Crippen molar-refractivity contribution in [3.63, 3.8) is 0 Å². The van der Waals surface area contributed by atoms with E-state index in [-0.39, 0.29) is 24.6 Å². The Balaban J connectivity index is 1.78. The third-order valence-corrected chi connectivity index (χ3v) is 8.23. The standard InChI is InChI=1S/C26H33N5O5S2/c1-18-25(26(33)29-38(34,35)30(2)3)28-23(37-18)17-31(14-8-11-19-9-6-5-7-10-19)24(32)15-20-12-13-21(36-4)16-22(20)27/h5-7,9-10,12-13,16H,8,11,14-15,17,27H2,1-4H3,(H,29,33). The van der Waals surface area contributed by atoms with Crippen LogP contribution >= 0.6 is 11.3 Å². The summed E-state index contributed by atoms with van der Waals surface area (Å²) in [5.41, 5.74) is 8.49. The van der Waals surface area contributed by atoms with Crippen LogP contribution in [0.25, 0.3) is 0 Å². The van der Waals surface area contributed by atoms with Crippen molar-refractivity contribution >= 4 is 39.0 Å². The van der Waals surface area contributed by atoms with E-state index in [1.165, 1.54) is 31.0 Å². The Hall–Kier alpha value is -3.48. The van der Waals surface area contributed by atoms with E-state index in [0.717, 1.165) is 17.1 Å². The van der Waals surface area contributed by atoms with Crippen LogP contribution in [0.2, 0.25) is 0 Å². The van der Waals surface area contributed by atoms with Crippen LogP contribution in [0.3, 0.4) is 0 Å². The van der Waals surface area contributed by atoms with Gasteiger partial charge in [0.1, 0.15) is 16.5 Å². The lowest BCUT2D eigenvalue weighted by Crippen LogP contribution is -2.39. The highest BCUT2D eigenvalue weighted by molar-refractivity contribution is 7.87. The van der Waals surface area contributed by atoms with Crippen molar-refractivity contribution in [2.45, 2.75) is 32.7 Å². The zero-order valence-electron chi connectivity index (χ0n) is 21.9. The molecule has 0 bridgehead atoms. The van der Waals surface area contributed by atoms with E-state index in [1.807, 2.05) is 35.1 Å². The number of amides is 2. The van der Waals surface area contributed by atoms with Crippen LogP contribution in [-0.4, -0.2) is 62.2 Å². The molecule has 0 saturated carbocycles. The van der Waals surface area contributed by atoms with E-state index in [1.54, 1.807) is 37.1 Å². The Labute approximate surface area is 227 Å². The molecule has 1 heterocycles. The Morgan fingerprint density at radius 2 is 1.84 bits per heavy atom. The van der Waals surface area contributed by atoms with E-state index in [2.05, 4.69) is 4.98 Å². The number of rotatable bonds is 12. The largest absolute Gasteiger partial charge is 0.497 e. The Morgan fingerprint density at radius 3 is 2.47 bits per heavy atom. The van der Waals surface area contributed by atoms with E-state index in [0.29, 0.717) is 33.4 Å². The number of nitrogens with one attached hydrogen (secondary N) is 1. The van der Waals surface area contributed by atoms with E-state index >= 15 is 0 Å². The highest BCUT2D eigenvalue weighted by Gasteiger charge is 2.24. The molecule has 0 unspecified atom stereocenters. The maximum Gasteiger partial charge on any atom is 0.303 e. The molecule has 3 N–H and O–H groups in total. The molecule has 0 atom stereocenters. The molecule has 0 aliphatic carbocycles. The molecule has 12 heteroatoms. The molecule has 3 aromatic rings. The summed E-state index contributed by atoms with van der Waals surface area (Å²) in [5, 5.41) is 0.533. The second-order valence-electron chi connectivity index (χ2n) is 8.88. The fraction of sp³-hybridized carbons (Fsp3) is 0.346. The molecular weight excluding hydrogens is 526 g/mol. The smallest absolute Gasteiger partial charge is 0.303 e. The van der Waals surface area contributed by atoms with Crippen LogP contribution in [0.1, 0.15) is 37.9 Å². The summed E-state index contributed by atoms with van der Waals surface area (Å²) in [7, 11) is 0.237. The van der Waals surface area contributed by atoms with Crippen molar-refractivity contribution in [3.8, 4) is 5.75 Å². The number of carbonyl (C=O) groups is 2. The van der Waals surface area contributed by atoms with Crippen molar-refractivity contribution in [1.29, 1.82) is 0 Å². The topological polar surface area (TPSA) is 135 Å². The number of benzene rings is 2. The average Bonchev–Trinajstić information content (AvgIpc) is 3.25. The number of nitrogens with two attached hydrogens (primary N) is 1. The predicted octanol–water partition coefficient (Wildman–Crippen LogP) is 2.78. The fourth-order valence-corrected chi connectivity index (χ4v) is 5.16. The summed E-state index contributed by atoms with van der Waals surface area (Å²) in [6.07, 6.45) is 1.62. The normalized spacial score (nSPS) is 11.4. The van der Waals surface area contributed by atoms with Gasteiger partial charge in [0.15, 0.2) is 0 Å². The maximum atomic E-state index is 13.4. The summed E-state index contributed by atoms with van der Waals surface area (Å²) in [5.74, 6) is -0.339. The molecule has 0 aliphatic rings. The molecule has 0 radical (unpaired) electrons. The summed E-state index contributed by atoms with van der Waals surface area (Å²) in [6.45, 7) is 2.35. The first-order valence-electron chi connectivity index (χ1n) is 11.9. The Bertz CT molecular complexity index is 1370. The minimum absolute atomic E-state index is 0.0199. The molecule has 2 aromatic carbocycles. The number of methoxy groups -OCH3 is 1. The first kappa shape index (κ1) is 29.1. The SMILES string of the molecule is COc1ccc(CC(=O)N(CCCc2ccccc2)Cc2nc(C(=O)NS(=O)(=O)N(C)C)c(C)s2)c(N)c1. The number of nitrogens with zero attached hydrogens (tertiary/aromatic N) is 3. The molecule has 204 valence electrons. The summed E-state index contributed by atoms with van der Waals surface area (Å²) >= 11 is 1.25. The van der Waals surface area contributed by atoms with Gasteiger partial charge in [-0.25, -0.2) is 9.71 Å². The zero-order chi connectivity index (χ0) is 27.9. The van der Waals surface area contributed by atoms with Crippen molar-refractivity contribution in [3.05, 3.63) is 75.2 Å². The average molecular weight is 560 g/mol. The number of aryl methyl sites for hydroxylation is 2. The number of nitrogen functional groups attached to an aromatic ring is 1. The first-order valence-corrected chi connectivity index (χ1v) is 14.2. The van der Waals surface area contributed by atoms with Crippen molar-refractivity contribution in [1.82, 2.24) is 18.9 Å². The van der Waals surface area contributed by atoms with Gasteiger partial charge >= 0.3 is 10.2 Å². The van der Waals surface area contributed by atoms with Gasteiger partial charge in [0.05, 0.1) is 20.1 Å². The molecule has 0 saturated heterocycles. The highest BCUT2D eigenvalue weighted by Crippen LogP contribution is 2.23. The number of anilines is 1. The molecule has 0 aliphatic heterocycles. The van der Waals surface area contributed by atoms with Gasteiger partial charge in [0.2, 0.25) is 5.91 Å². The molecule has 2 amide bonds. The van der Waals surface area contributed by atoms with Crippen LogP contribution < -0.4 is 15.2 Å². The second-order valence-corrected chi connectivity index (χ2v) is 12.0. The van der Waals surface area contributed by atoms with Gasteiger partial charge in [-0.1, -0.05) is 36.4 Å². The quantitative estimate of drug-likeness (QED) is 0.326. The third-order valence-electron chi connectivity index (χ3n) is 5.87. The highest BCUT2D eigenvalue weighted by atomic mass is 32.2. The zero-order valence-corrected chi connectivity index (χ0v) is 23.6. The summed E-state index contributed by atoms with van der Waals surface area (Å²) < 4.78 is 32.3. The monoisotopic (exact) mass is 559 g/mol. The van der Waals surface area contributed by atoms with Gasteiger partial charge in [-0.3, -0.25) is 9.59 Å². The van der Waals surface area contributed by atoms with Crippen LogP contribution in [0.15, 0.2) is 48.5 Å². The minimum atomic E-state index is -3.96. The van der Waals surface area contributed by atoms with Crippen LogP contribution in [0.5, 0.6) is 5.75 Å². The molecule has 0 spiro atoms. The lowest BCUT2D eigenvalue weighted by Gasteiger charge is -2.22. The number of thiazole rings is 1. The Kier molecular flexibility index (Phi) is 9.84. The van der Waals surface area contributed by atoms with Crippen molar-refractivity contribution in [2.24, 2.45) is 0 Å².